The van der Waals surface area contributed by atoms with Crippen LogP contribution in [0.4, 0.5) is 0 Å². The highest BCUT2D eigenvalue weighted by atomic mass is 29.5. The lowest BCUT2D eigenvalue weighted by Crippen LogP contribution is -2.12. The summed E-state index contributed by atoms with van der Waals surface area (Å²) < 4.78 is 2.67. The van der Waals surface area contributed by atoms with Crippen LogP contribution in [0.3, 0.4) is 0 Å². The third-order valence-electron chi connectivity index (χ3n) is 1.08. The van der Waals surface area contributed by atoms with E-state index in [-0.39, 0.29) is 0 Å². The third-order valence-corrected chi connectivity index (χ3v) is 10.1. The normalized spacial score (nSPS) is 26.0. The van der Waals surface area contributed by atoms with Crippen molar-refractivity contribution in [1.29, 1.82) is 0 Å². The smallest absolute Gasteiger partial charge is 0.0762 e. The van der Waals surface area contributed by atoms with E-state index in [0.29, 0.717) is 17.8 Å². The van der Waals surface area contributed by atoms with Gasteiger partial charge in [-0.05, 0) is 9.76 Å². The lowest BCUT2D eigenvalue weighted by atomic mass is 11.0. The van der Waals surface area contributed by atoms with E-state index in [0.717, 1.165) is 0 Å². The summed E-state index contributed by atoms with van der Waals surface area (Å²) in [6, 6.07) is 0. The van der Waals surface area contributed by atoms with E-state index in [4.69, 9.17) is 0 Å². The minimum atomic E-state index is 0.502. The lowest BCUT2D eigenvalue weighted by molar-refractivity contribution is 0.918. The molecule has 0 aromatic rings. The van der Waals surface area contributed by atoms with Crippen molar-refractivity contribution in [2.75, 3.05) is 13.1 Å². The van der Waals surface area contributed by atoms with Crippen molar-refractivity contribution in [2.45, 2.75) is 0 Å². The van der Waals surface area contributed by atoms with Gasteiger partial charge in [-0.3, -0.25) is 0 Å². The highest BCUT2D eigenvalue weighted by Crippen LogP contribution is 1.96. The van der Waals surface area contributed by atoms with Crippen LogP contribution < -0.4 is 0 Å². The Balaban J connectivity index is 1.88. The summed E-state index contributed by atoms with van der Waals surface area (Å²) in [7, 11) is 2.72. The summed E-state index contributed by atoms with van der Waals surface area (Å²) >= 11 is 0. The van der Waals surface area contributed by atoms with Gasteiger partial charge in [0.2, 0.25) is 0 Å². The van der Waals surface area contributed by atoms with E-state index < -0.39 is 0 Å². The molecular weight excluding hydrogens is 122 g/mol. The van der Waals surface area contributed by atoms with Crippen LogP contribution in [-0.4, -0.2) is 45.2 Å². The molecule has 0 saturated carbocycles. The molecule has 1 heterocycles. The maximum absolute atomic E-state index is 2.67. The monoisotopic (exact) mass is 133 g/mol. The molecule has 6 heavy (non-hydrogen) atoms. The summed E-state index contributed by atoms with van der Waals surface area (Å²) in [4.78, 5) is 0. The van der Waals surface area contributed by atoms with Gasteiger partial charge in [0.1, 0.15) is 0 Å². The van der Waals surface area contributed by atoms with Gasteiger partial charge in [-0.2, -0.15) is 0 Å². The van der Waals surface area contributed by atoms with Gasteiger partial charge >= 0.3 is 0 Å². The fourth-order valence-corrected chi connectivity index (χ4v) is 10.8. The molecule has 36 valence electrons. The fourth-order valence-electron chi connectivity index (χ4n) is 0.611. The molecule has 0 spiro atoms. The van der Waals surface area contributed by atoms with Crippen molar-refractivity contribution in [3.8, 4) is 0 Å². The van der Waals surface area contributed by atoms with Crippen LogP contribution in [0.1, 0.15) is 0 Å². The Kier molecular flexibility index (Phi) is 1.63. The SMILES string of the molecule is [SiH3][SiH2][SiH2]N1CC1. The number of hydrogen-bond acceptors (Lipinski definition) is 1. The largest absolute Gasteiger partial charge is 0.330 e. The molecule has 1 aliphatic rings. The van der Waals surface area contributed by atoms with Gasteiger partial charge in [0, 0.05) is 21.6 Å². The quantitative estimate of drug-likeness (QED) is 0.282. The van der Waals surface area contributed by atoms with Crippen LogP contribution in [0, 0.1) is 0 Å². The van der Waals surface area contributed by atoms with Crippen LogP contribution in [0.5, 0.6) is 0 Å². The highest BCUT2D eigenvalue weighted by Gasteiger charge is 2.13. The molecule has 4 heteroatoms. The van der Waals surface area contributed by atoms with Crippen LogP contribution in [-0.2, 0) is 0 Å². The average molecular weight is 133 g/mol. The van der Waals surface area contributed by atoms with Gasteiger partial charge in [-0.25, -0.2) is 0 Å². The molecule has 1 rings (SSSR count). The second-order valence-corrected chi connectivity index (χ2v) is 17.5. The number of hydrogen-bond donors (Lipinski definition) is 0. The molecule has 0 amide bonds. The zero-order valence-corrected chi connectivity index (χ0v) is 9.10. The molecule has 0 aromatic carbocycles. The molecule has 0 aromatic heterocycles. The molecule has 0 N–H and O–H groups in total. The predicted molar refractivity (Wildman–Crippen MR) is 38.6 cm³/mol. The lowest BCUT2D eigenvalue weighted by Gasteiger charge is -1.86. The van der Waals surface area contributed by atoms with E-state index in [1.165, 1.54) is 13.1 Å². The van der Waals surface area contributed by atoms with E-state index in [1.807, 2.05) is 0 Å². The molecular formula is C2H11NSi3. The number of nitrogens with zero attached hydrogens (tertiary/aromatic N) is 1. The van der Waals surface area contributed by atoms with E-state index in [2.05, 4.69) is 4.57 Å². The first-order valence-corrected chi connectivity index (χ1v) is 12.9. The molecule has 1 fully saturated rings. The summed E-state index contributed by atoms with van der Waals surface area (Å²) in [5, 5.41) is 0. The van der Waals surface area contributed by atoms with Crippen LogP contribution in [0.2, 0.25) is 0 Å². The van der Waals surface area contributed by atoms with Crippen LogP contribution in [0.15, 0.2) is 0 Å². The Hall–Kier alpha value is 0.611. The van der Waals surface area contributed by atoms with Crippen molar-refractivity contribution in [1.82, 2.24) is 4.57 Å². The maximum Gasteiger partial charge on any atom is 0.0762 e. The Morgan fingerprint density at radius 2 is 2.17 bits per heavy atom. The molecule has 1 nitrogen and oxygen atoms in total. The van der Waals surface area contributed by atoms with Gasteiger partial charge in [0.05, 0.1) is 9.20 Å². The molecule has 0 atom stereocenters. The highest BCUT2D eigenvalue weighted by molar-refractivity contribution is 7.23. The minimum Gasteiger partial charge on any atom is -0.330 e. The molecule has 0 bridgehead atoms. The molecule has 0 unspecified atom stereocenters. The van der Waals surface area contributed by atoms with E-state index in [1.54, 1.807) is 9.76 Å². The third kappa shape index (κ3) is 1.38. The van der Waals surface area contributed by atoms with Crippen molar-refractivity contribution < 1.29 is 0 Å². The van der Waals surface area contributed by atoms with Crippen LogP contribution in [0.25, 0.3) is 0 Å². The van der Waals surface area contributed by atoms with Crippen molar-refractivity contribution >= 4 is 27.5 Å². The summed E-state index contributed by atoms with van der Waals surface area (Å²) in [5.74, 6) is 0. The second-order valence-electron chi connectivity index (χ2n) is 1.84. The zero-order valence-electron chi connectivity index (χ0n) is 4.28. The topological polar surface area (TPSA) is 3.01 Å². The van der Waals surface area contributed by atoms with E-state index >= 15 is 0 Å². The Morgan fingerprint density at radius 1 is 1.50 bits per heavy atom. The first-order chi connectivity index (χ1) is 2.93. The first kappa shape index (κ1) is 4.76. The first-order valence-electron chi connectivity index (χ1n) is 2.66. The average Bonchev–Trinajstić information content (AvgIpc) is 2.21. The van der Waals surface area contributed by atoms with Crippen molar-refractivity contribution in [2.24, 2.45) is 0 Å². The van der Waals surface area contributed by atoms with E-state index in [9.17, 15) is 0 Å². The fraction of sp³-hybridized carbons (Fsp3) is 1.00. The van der Waals surface area contributed by atoms with Gasteiger partial charge in [0.15, 0.2) is 0 Å². The Bertz CT molecular complexity index is 44.1. The molecule has 0 radical (unpaired) electrons. The summed E-state index contributed by atoms with van der Waals surface area (Å²) in [5.41, 5.74) is 0. The van der Waals surface area contributed by atoms with Crippen molar-refractivity contribution in [3.05, 3.63) is 0 Å². The van der Waals surface area contributed by atoms with Crippen LogP contribution >= 0.6 is 0 Å². The maximum atomic E-state index is 2.67. The Morgan fingerprint density at radius 3 is 2.33 bits per heavy atom. The standard InChI is InChI=1S/C2H11NSi3/c4-6-5-3-1-2-3/h1-2,5-6H2,4H3. The summed E-state index contributed by atoms with van der Waals surface area (Å²) in [6.07, 6.45) is 0. The van der Waals surface area contributed by atoms with Gasteiger partial charge < -0.3 is 4.57 Å². The predicted octanol–water partition coefficient (Wildman–Crippen LogP) is -3.25. The van der Waals surface area contributed by atoms with Crippen molar-refractivity contribution in [3.63, 3.8) is 0 Å². The number of rotatable bonds is 2. The molecule has 1 aliphatic heterocycles. The minimum absolute atomic E-state index is 0.502. The Labute approximate surface area is 45.8 Å². The second kappa shape index (κ2) is 2.06. The van der Waals surface area contributed by atoms with Gasteiger partial charge in [-0.15, -0.1) is 0 Å². The van der Waals surface area contributed by atoms with Gasteiger partial charge in [-0.1, -0.05) is 0 Å². The molecule has 0 aliphatic carbocycles. The zero-order chi connectivity index (χ0) is 4.41. The molecule has 1 saturated heterocycles. The van der Waals surface area contributed by atoms with Gasteiger partial charge in [0.25, 0.3) is 0 Å². The summed E-state index contributed by atoms with van der Waals surface area (Å²) in [6.45, 7) is 2.95.